The monoisotopic (exact) mass is 365 g/mol. The van der Waals surface area contributed by atoms with E-state index in [9.17, 15) is 4.79 Å². The van der Waals surface area contributed by atoms with Gasteiger partial charge in [-0.1, -0.05) is 31.2 Å². The number of rotatable bonds is 5. The van der Waals surface area contributed by atoms with Crippen molar-refractivity contribution >= 4 is 17.2 Å². The van der Waals surface area contributed by atoms with Crippen LogP contribution < -0.4 is 5.32 Å². The van der Waals surface area contributed by atoms with Gasteiger partial charge in [-0.2, -0.15) is 0 Å². The van der Waals surface area contributed by atoms with Crippen LogP contribution in [0.5, 0.6) is 0 Å². The Morgan fingerprint density at radius 3 is 2.88 bits per heavy atom. The Bertz CT molecular complexity index is 881. The Hall–Kier alpha value is -2.40. The Morgan fingerprint density at radius 2 is 2.12 bits per heavy atom. The molecule has 2 aromatic heterocycles. The highest BCUT2D eigenvalue weighted by Crippen LogP contribution is 2.32. The summed E-state index contributed by atoms with van der Waals surface area (Å²) in [7, 11) is 0. The molecule has 4 nitrogen and oxygen atoms in total. The molecule has 134 valence electrons. The van der Waals surface area contributed by atoms with Crippen molar-refractivity contribution in [3.05, 3.63) is 75.5 Å². The zero-order valence-electron chi connectivity index (χ0n) is 14.9. The second-order valence-corrected chi connectivity index (χ2v) is 8.28. The summed E-state index contributed by atoms with van der Waals surface area (Å²) >= 11 is 1.66. The van der Waals surface area contributed by atoms with Gasteiger partial charge in [-0.3, -0.25) is 4.79 Å². The number of carbonyl (C=O) groups is 1. The quantitative estimate of drug-likeness (QED) is 0.741. The van der Waals surface area contributed by atoms with Crippen LogP contribution in [0.25, 0.3) is 0 Å². The molecule has 0 radical (unpaired) electrons. The first-order valence-corrected chi connectivity index (χ1v) is 9.92. The van der Waals surface area contributed by atoms with E-state index < -0.39 is 0 Å². The van der Waals surface area contributed by atoms with Gasteiger partial charge in [-0.25, -0.2) is 4.98 Å². The highest BCUT2D eigenvalue weighted by molar-refractivity contribution is 7.14. The number of hydrogen-bond acceptors (Lipinski definition) is 3. The molecule has 3 aromatic rings. The molecule has 1 amide bonds. The van der Waals surface area contributed by atoms with Gasteiger partial charge in [0.2, 0.25) is 0 Å². The maximum Gasteiger partial charge on any atom is 0.261 e. The van der Waals surface area contributed by atoms with Gasteiger partial charge < -0.3 is 9.88 Å². The molecule has 1 aromatic carbocycles. The van der Waals surface area contributed by atoms with E-state index in [2.05, 4.69) is 47.6 Å². The molecule has 1 aliphatic carbocycles. The molecular formula is C21H23N3OS. The Labute approximate surface area is 157 Å². The molecule has 0 saturated carbocycles. The lowest BCUT2D eigenvalue weighted by Crippen LogP contribution is -2.21. The lowest BCUT2D eigenvalue weighted by atomic mass is 9.90. The first-order chi connectivity index (χ1) is 12.7. The number of fused-ring (bicyclic) bond motifs is 1. The van der Waals surface area contributed by atoms with Crippen LogP contribution in [0, 0.1) is 5.92 Å². The number of aromatic nitrogens is 2. The van der Waals surface area contributed by atoms with E-state index in [-0.39, 0.29) is 5.91 Å². The van der Waals surface area contributed by atoms with Crippen LogP contribution in [0.1, 0.15) is 44.6 Å². The molecule has 0 saturated heterocycles. The minimum atomic E-state index is 0.0412. The van der Waals surface area contributed by atoms with Crippen molar-refractivity contribution in [2.75, 3.05) is 0 Å². The molecule has 4 rings (SSSR count). The molecule has 0 bridgehead atoms. The van der Waals surface area contributed by atoms with Gasteiger partial charge >= 0.3 is 0 Å². The topological polar surface area (TPSA) is 46.9 Å². The average Bonchev–Trinajstić information content (AvgIpc) is 3.30. The number of imidazole rings is 1. The Balaban J connectivity index is 1.34. The Morgan fingerprint density at radius 1 is 1.31 bits per heavy atom. The maximum absolute atomic E-state index is 12.5. The van der Waals surface area contributed by atoms with Crippen molar-refractivity contribution in [3.8, 4) is 0 Å². The van der Waals surface area contributed by atoms with Crippen LogP contribution in [-0.4, -0.2) is 15.5 Å². The van der Waals surface area contributed by atoms with Crippen LogP contribution in [0.2, 0.25) is 0 Å². The summed E-state index contributed by atoms with van der Waals surface area (Å²) in [4.78, 5) is 18.8. The van der Waals surface area contributed by atoms with E-state index in [1.54, 1.807) is 17.5 Å². The van der Waals surface area contributed by atoms with Gasteiger partial charge in [0.25, 0.3) is 5.91 Å². The van der Waals surface area contributed by atoms with E-state index in [0.717, 1.165) is 35.7 Å². The van der Waals surface area contributed by atoms with Crippen molar-refractivity contribution in [2.24, 2.45) is 5.92 Å². The highest BCUT2D eigenvalue weighted by atomic mass is 32.1. The maximum atomic E-state index is 12.5. The summed E-state index contributed by atoms with van der Waals surface area (Å²) in [6.45, 7) is 3.66. The van der Waals surface area contributed by atoms with Crippen LogP contribution in [0.4, 0.5) is 0 Å². The summed E-state index contributed by atoms with van der Waals surface area (Å²) in [5.41, 5.74) is 3.71. The van der Waals surface area contributed by atoms with Crippen molar-refractivity contribution < 1.29 is 4.79 Å². The van der Waals surface area contributed by atoms with Gasteiger partial charge in [0.05, 0.1) is 11.2 Å². The van der Waals surface area contributed by atoms with Crippen LogP contribution in [0.15, 0.2) is 49.1 Å². The zero-order valence-corrected chi connectivity index (χ0v) is 15.8. The van der Waals surface area contributed by atoms with E-state index in [1.165, 1.54) is 22.4 Å². The van der Waals surface area contributed by atoms with E-state index in [4.69, 9.17) is 0 Å². The number of amides is 1. The molecule has 5 heteroatoms. The van der Waals surface area contributed by atoms with Crippen molar-refractivity contribution in [3.63, 3.8) is 0 Å². The first-order valence-electron chi connectivity index (χ1n) is 9.11. The minimum absolute atomic E-state index is 0.0412. The number of nitrogens with one attached hydrogen (secondary N) is 1. The van der Waals surface area contributed by atoms with Crippen LogP contribution in [-0.2, 0) is 25.9 Å². The number of thiophene rings is 1. The normalized spacial score (nSPS) is 16.3. The average molecular weight is 366 g/mol. The third kappa shape index (κ3) is 3.88. The fourth-order valence-corrected chi connectivity index (χ4v) is 4.57. The van der Waals surface area contributed by atoms with Gasteiger partial charge in [0.1, 0.15) is 0 Å². The van der Waals surface area contributed by atoms with Gasteiger partial charge in [0, 0.05) is 30.4 Å². The molecule has 1 atom stereocenters. The molecule has 0 spiro atoms. The van der Waals surface area contributed by atoms with Crippen molar-refractivity contribution in [1.29, 1.82) is 0 Å². The van der Waals surface area contributed by atoms with Crippen molar-refractivity contribution in [1.82, 2.24) is 14.9 Å². The summed E-state index contributed by atoms with van der Waals surface area (Å²) in [5, 5.41) is 3.06. The number of benzene rings is 1. The number of hydrogen-bond donors (Lipinski definition) is 1. The summed E-state index contributed by atoms with van der Waals surface area (Å²) in [5.74, 6) is 0.772. The molecule has 26 heavy (non-hydrogen) atoms. The molecule has 1 unspecified atom stereocenters. The molecule has 0 fully saturated rings. The minimum Gasteiger partial charge on any atom is -0.347 e. The van der Waals surface area contributed by atoms with E-state index >= 15 is 0 Å². The fraction of sp³-hybridized carbons (Fsp3) is 0.333. The van der Waals surface area contributed by atoms with Crippen LogP contribution >= 0.6 is 11.3 Å². The molecule has 2 heterocycles. The molecule has 1 N–H and O–H groups in total. The molecule has 0 aliphatic heterocycles. The summed E-state index contributed by atoms with van der Waals surface area (Å²) in [6.07, 6.45) is 9.02. The predicted molar refractivity (Wildman–Crippen MR) is 104 cm³/mol. The highest BCUT2D eigenvalue weighted by Gasteiger charge is 2.20. The lowest BCUT2D eigenvalue weighted by Gasteiger charge is -2.16. The van der Waals surface area contributed by atoms with Crippen LogP contribution in [0.3, 0.4) is 0 Å². The zero-order chi connectivity index (χ0) is 17.9. The van der Waals surface area contributed by atoms with Gasteiger partial charge in [-0.15, -0.1) is 11.3 Å². The first kappa shape index (κ1) is 17.0. The smallest absolute Gasteiger partial charge is 0.261 e. The molecule has 1 aliphatic rings. The second kappa shape index (κ2) is 7.46. The third-order valence-corrected chi connectivity index (χ3v) is 6.19. The largest absolute Gasteiger partial charge is 0.347 e. The summed E-state index contributed by atoms with van der Waals surface area (Å²) < 4.78 is 2.04. The SMILES string of the molecule is CC1CCc2sc(C(=O)NCc3ccc(Cn4ccnc4)cc3)cc2C1. The summed E-state index contributed by atoms with van der Waals surface area (Å²) in [6, 6.07) is 10.5. The van der Waals surface area contributed by atoms with E-state index in [1.807, 2.05) is 17.1 Å². The molecular weight excluding hydrogens is 342 g/mol. The standard InChI is InChI=1S/C21H23N3OS/c1-15-2-7-19-18(10-15)11-20(26-19)21(25)23-12-16-3-5-17(6-4-16)13-24-9-8-22-14-24/h3-6,8-9,11,14-15H,2,7,10,12-13H2,1H3,(H,23,25). The third-order valence-electron chi connectivity index (χ3n) is 4.95. The fourth-order valence-electron chi connectivity index (χ4n) is 3.44. The Kier molecular flexibility index (Phi) is 4.89. The number of carbonyl (C=O) groups excluding carboxylic acids is 1. The van der Waals surface area contributed by atoms with E-state index in [0.29, 0.717) is 6.54 Å². The number of nitrogens with zero attached hydrogens (tertiary/aromatic N) is 2. The lowest BCUT2D eigenvalue weighted by molar-refractivity contribution is 0.0955. The predicted octanol–water partition coefficient (Wildman–Crippen LogP) is 4.05. The van der Waals surface area contributed by atoms with Gasteiger partial charge in [-0.05, 0) is 47.9 Å². The van der Waals surface area contributed by atoms with Gasteiger partial charge in [0.15, 0.2) is 0 Å². The number of aryl methyl sites for hydroxylation is 1. The van der Waals surface area contributed by atoms with Crippen molar-refractivity contribution in [2.45, 2.75) is 39.3 Å². The second-order valence-electron chi connectivity index (χ2n) is 7.14.